The summed E-state index contributed by atoms with van der Waals surface area (Å²) in [5, 5.41) is 11.8. The fraction of sp³-hybridized carbons (Fsp3) is 0.500. The molecule has 0 amide bonds. The maximum atomic E-state index is 11.8. The SMILES string of the molecule is Cc1cc(C)c(C2(O)CC3CCCC(C2)N3Cc2ccccc2)c(C)c1. The van der Waals surface area contributed by atoms with Crippen LogP contribution < -0.4 is 0 Å². The van der Waals surface area contributed by atoms with Crippen molar-refractivity contribution < 1.29 is 5.11 Å². The largest absolute Gasteiger partial charge is 0.385 e. The molecule has 2 fully saturated rings. The third kappa shape index (κ3) is 3.21. The first-order chi connectivity index (χ1) is 12.5. The number of rotatable bonds is 3. The Labute approximate surface area is 157 Å². The molecule has 138 valence electrons. The summed E-state index contributed by atoms with van der Waals surface area (Å²) in [6.45, 7) is 7.49. The molecule has 0 saturated carbocycles. The molecule has 4 rings (SSSR count). The molecule has 2 aromatic rings. The second-order valence-electron chi connectivity index (χ2n) is 8.61. The van der Waals surface area contributed by atoms with Crippen molar-refractivity contribution in [3.05, 3.63) is 70.3 Å². The van der Waals surface area contributed by atoms with Crippen LogP contribution in [-0.4, -0.2) is 22.1 Å². The molecular formula is C24H31NO. The van der Waals surface area contributed by atoms with Gasteiger partial charge < -0.3 is 5.11 Å². The zero-order chi connectivity index (χ0) is 18.3. The lowest BCUT2D eigenvalue weighted by molar-refractivity contribution is -0.100. The lowest BCUT2D eigenvalue weighted by Gasteiger charge is -2.53. The summed E-state index contributed by atoms with van der Waals surface area (Å²) < 4.78 is 0. The summed E-state index contributed by atoms with van der Waals surface area (Å²) in [6, 6.07) is 16.2. The van der Waals surface area contributed by atoms with Crippen molar-refractivity contribution in [2.24, 2.45) is 0 Å². The molecule has 0 aromatic heterocycles. The number of hydrogen-bond donors (Lipinski definition) is 1. The second-order valence-corrected chi connectivity index (χ2v) is 8.61. The molecule has 2 aliphatic heterocycles. The van der Waals surface area contributed by atoms with E-state index in [-0.39, 0.29) is 0 Å². The Morgan fingerprint density at radius 1 is 0.962 bits per heavy atom. The van der Waals surface area contributed by atoms with Crippen molar-refractivity contribution in [3.8, 4) is 0 Å². The van der Waals surface area contributed by atoms with Crippen molar-refractivity contribution >= 4 is 0 Å². The third-order valence-corrected chi connectivity index (χ3v) is 6.51. The molecule has 1 N–H and O–H groups in total. The molecule has 26 heavy (non-hydrogen) atoms. The zero-order valence-corrected chi connectivity index (χ0v) is 16.3. The Hall–Kier alpha value is -1.64. The average molecular weight is 350 g/mol. The summed E-state index contributed by atoms with van der Waals surface area (Å²) in [5.41, 5.74) is 5.69. The Morgan fingerprint density at radius 2 is 1.54 bits per heavy atom. The third-order valence-electron chi connectivity index (χ3n) is 6.51. The second kappa shape index (κ2) is 6.83. The van der Waals surface area contributed by atoms with Gasteiger partial charge in [-0.2, -0.15) is 0 Å². The van der Waals surface area contributed by atoms with E-state index in [1.807, 2.05) is 0 Å². The van der Waals surface area contributed by atoms with Crippen molar-refractivity contribution in [3.63, 3.8) is 0 Å². The van der Waals surface area contributed by atoms with E-state index in [9.17, 15) is 5.11 Å². The fourth-order valence-electron chi connectivity index (χ4n) is 5.69. The highest BCUT2D eigenvalue weighted by Crippen LogP contribution is 2.46. The van der Waals surface area contributed by atoms with Crippen molar-refractivity contribution in [2.75, 3.05) is 0 Å². The first-order valence-electron chi connectivity index (χ1n) is 10.1. The van der Waals surface area contributed by atoms with Crippen LogP contribution in [0.25, 0.3) is 0 Å². The monoisotopic (exact) mass is 349 g/mol. The molecule has 2 aliphatic rings. The maximum absolute atomic E-state index is 11.8. The minimum Gasteiger partial charge on any atom is -0.385 e. The summed E-state index contributed by atoms with van der Waals surface area (Å²) in [5.74, 6) is 0. The highest BCUT2D eigenvalue weighted by molar-refractivity contribution is 5.42. The Bertz CT molecular complexity index is 745. The standard InChI is InChI=1S/C24H31NO/c1-17-12-18(2)23(19(3)13-17)24(26)14-21-10-7-11-22(15-24)25(21)16-20-8-5-4-6-9-20/h4-6,8-9,12-13,21-22,26H,7,10-11,14-16H2,1-3H3. The van der Waals surface area contributed by atoms with E-state index in [0.717, 1.165) is 19.4 Å². The van der Waals surface area contributed by atoms with E-state index in [2.05, 4.69) is 68.1 Å². The van der Waals surface area contributed by atoms with Crippen LogP contribution in [-0.2, 0) is 12.1 Å². The van der Waals surface area contributed by atoms with Gasteiger partial charge in [0.15, 0.2) is 0 Å². The lowest BCUT2D eigenvalue weighted by Crippen LogP contribution is -2.56. The smallest absolute Gasteiger partial charge is 0.0931 e. The van der Waals surface area contributed by atoms with Crippen molar-refractivity contribution in [1.82, 2.24) is 4.90 Å². The van der Waals surface area contributed by atoms with Crippen LogP contribution in [0.5, 0.6) is 0 Å². The van der Waals surface area contributed by atoms with E-state index < -0.39 is 5.60 Å². The molecule has 2 heterocycles. The van der Waals surface area contributed by atoms with Gasteiger partial charge in [-0.3, -0.25) is 4.90 Å². The molecule has 0 spiro atoms. The number of aryl methyl sites for hydroxylation is 3. The molecule has 0 aliphatic carbocycles. The fourth-order valence-corrected chi connectivity index (χ4v) is 5.69. The minimum absolute atomic E-state index is 0.479. The highest BCUT2D eigenvalue weighted by atomic mass is 16.3. The topological polar surface area (TPSA) is 23.5 Å². The van der Waals surface area contributed by atoms with Gasteiger partial charge in [-0.1, -0.05) is 54.4 Å². The number of benzene rings is 2. The predicted molar refractivity (Wildman–Crippen MR) is 107 cm³/mol. The van der Waals surface area contributed by atoms with E-state index in [0.29, 0.717) is 12.1 Å². The molecular weight excluding hydrogens is 318 g/mol. The average Bonchev–Trinajstić information content (AvgIpc) is 2.56. The molecule has 2 saturated heterocycles. The van der Waals surface area contributed by atoms with Crippen molar-refractivity contribution in [2.45, 2.75) is 77.1 Å². The van der Waals surface area contributed by atoms with E-state index >= 15 is 0 Å². The van der Waals surface area contributed by atoms with Gasteiger partial charge in [-0.15, -0.1) is 0 Å². The van der Waals surface area contributed by atoms with E-state index in [1.165, 1.54) is 47.1 Å². The highest BCUT2D eigenvalue weighted by Gasteiger charge is 2.47. The molecule has 2 heteroatoms. The van der Waals surface area contributed by atoms with Gasteiger partial charge in [0, 0.05) is 18.6 Å². The van der Waals surface area contributed by atoms with E-state index in [4.69, 9.17) is 0 Å². The van der Waals surface area contributed by atoms with Gasteiger partial charge in [0.05, 0.1) is 5.60 Å². The van der Waals surface area contributed by atoms with Crippen LogP contribution >= 0.6 is 0 Å². The number of aliphatic hydroxyl groups is 1. The molecule has 2 bridgehead atoms. The molecule has 2 nitrogen and oxygen atoms in total. The van der Waals surface area contributed by atoms with Crippen LogP contribution in [0.4, 0.5) is 0 Å². The number of nitrogens with zero attached hydrogens (tertiary/aromatic N) is 1. The van der Waals surface area contributed by atoms with Crippen LogP contribution in [0.1, 0.15) is 59.9 Å². The van der Waals surface area contributed by atoms with Gasteiger partial charge >= 0.3 is 0 Å². The summed E-state index contributed by atoms with van der Waals surface area (Å²) in [7, 11) is 0. The van der Waals surface area contributed by atoms with Crippen molar-refractivity contribution in [1.29, 1.82) is 0 Å². The normalized spacial score (nSPS) is 28.9. The van der Waals surface area contributed by atoms with Gasteiger partial charge in [0.1, 0.15) is 0 Å². The van der Waals surface area contributed by atoms with Gasteiger partial charge in [0.25, 0.3) is 0 Å². The van der Waals surface area contributed by atoms with Gasteiger partial charge in [0.2, 0.25) is 0 Å². The summed E-state index contributed by atoms with van der Waals surface area (Å²) in [4.78, 5) is 2.67. The number of hydrogen-bond acceptors (Lipinski definition) is 2. The molecule has 2 unspecified atom stereocenters. The first-order valence-corrected chi connectivity index (χ1v) is 10.1. The van der Waals surface area contributed by atoms with Gasteiger partial charge in [-0.25, -0.2) is 0 Å². The lowest BCUT2D eigenvalue weighted by atomic mass is 9.70. The number of fused-ring (bicyclic) bond motifs is 2. The van der Waals surface area contributed by atoms with Gasteiger partial charge in [-0.05, 0) is 68.7 Å². The van der Waals surface area contributed by atoms with Crippen LogP contribution in [0.15, 0.2) is 42.5 Å². The van der Waals surface area contributed by atoms with Crippen LogP contribution in [0, 0.1) is 20.8 Å². The quantitative estimate of drug-likeness (QED) is 0.841. The van der Waals surface area contributed by atoms with Crippen LogP contribution in [0.2, 0.25) is 0 Å². The minimum atomic E-state index is -0.676. The number of piperidine rings is 2. The Morgan fingerprint density at radius 3 is 2.12 bits per heavy atom. The summed E-state index contributed by atoms with van der Waals surface area (Å²) in [6.07, 6.45) is 5.43. The zero-order valence-electron chi connectivity index (χ0n) is 16.3. The molecule has 2 aromatic carbocycles. The van der Waals surface area contributed by atoms with Crippen LogP contribution in [0.3, 0.4) is 0 Å². The predicted octanol–water partition coefficient (Wildman–Crippen LogP) is 5.02. The molecule has 0 radical (unpaired) electrons. The first kappa shape index (κ1) is 17.8. The van der Waals surface area contributed by atoms with E-state index in [1.54, 1.807) is 0 Å². The summed E-state index contributed by atoms with van der Waals surface area (Å²) >= 11 is 0. The maximum Gasteiger partial charge on any atom is 0.0931 e. The Kier molecular flexibility index (Phi) is 4.66. The molecule has 2 atom stereocenters. The Balaban J connectivity index is 1.63.